The molecule has 0 saturated carbocycles. The Morgan fingerprint density at radius 2 is 1.35 bits per heavy atom. The fraction of sp³-hybridized carbons (Fsp3) is 0.133. The van der Waals surface area contributed by atoms with Gasteiger partial charge in [-0.15, -0.1) is 0 Å². The Balaban J connectivity index is 0.000000200. The van der Waals surface area contributed by atoms with Gasteiger partial charge in [-0.1, -0.05) is 65.8 Å². The second kappa shape index (κ2) is 7.33. The number of benzene rings is 2. The molecule has 0 unspecified atom stereocenters. The molecule has 2 aromatic carbocycles. The first kappa shape index (κ1) is 15.8. The fourth-order valence-electron chi connectivity index (χ4n) is 1.36. The predicted molar refractivity (Wildman–Crippen MR) is 71.9 cm³/mol. The third kappa shape index (κ3) is 5.14. The molecule has 2 nitrogen and oxygen atoms in total. The van der Waals surface area contributed by atoms with Gasteiger partial charge in [0, 0.05) is 0 Å². The highest BCUT2D eigenvalue weighted by atomic mass is 19.4. The summed E-state index contributed by atoms with van der Waals surface area (Å²) in [5.74, 6) is 0. The number of alkyl halides is 3. The van der Waals surface area contributed by atoms with Crippen molar-refractivity contribution in [3.8, 4) is 0 Å². The Labute approximate surface area is 115 Å². The highest BCUT2D eigenvalue weighted by molar-refractivity contribution is 5.98. The van der Waals surface area contributed by atoms with Crippen molar-refractivity contribution in [1.82, 2.24) is 0 Å². The highest BCUT2D eigenvalue weighted by Crippen LogP contribution is 2.28. The molecule has 0 aliphatic rings. The second-order valence-electron chi connectivity index (χ2n) is 3.92. The normalized spacial score (nSPS) is 11.5. The summed E-state index contributed by atoms with van der Waals surface area (Å²) in [5.41, 5.74) is 0.987. The smallest absolute Gasteiger partial charge is 0.411 e. The van der Waals surface area contributed by atoms with Gasteiger partial charge in [-0.2, -0.15) is 13.2 Å². The van der Waals surface area contributed by atoms with Gasteiger partial charge >= 0.3 is 6.18 Å². The largest absolute Gasteiger partial charge is 0.416 e. The monoisotopic (exact) mass is 281 g/mol. The maximum atomic E-state index is 11.8. The second-order valence-corrected chi connectivity index (χ2v) is 3.92. The molecule has 0 aromatic heterocycles. The average molecular weight is 281 g/mol. The van der Waals surface area contributed by atoms with Crippen LogP contribution in [0.2, 0.25) is 0 Å². The molecule has 0 aliphatic heterocycles. The van der Waals surface area contributed by atoms with Crippen molar-refractivity contribution in [2.75, 3.05) is 0 Å². The van der Waals surface area contributed by atoms with Gasteiger partial charge in [-0.3, -0.25) is 0 Å². The van der Waals surface area contributed by atoms with Crippen LogP contribution in [-0.4, -0.2) is 10.9 Å². The summed E-state index contributed by atoms with van der Waals surface area (Å²) in [6.07, 6.45) is -4.21. The van der Waals surface area contributed by atoms with Crippen LogP contribution in [0.25, 0.3) is 0 Å². The number of halogens is 3. The maximum Gasteiger partial charge on any atom is 0.416 e. The highest BCUT2D eigenvalue weighted by Gasteiger charge is 2.29. The maximum absolute atomic E-state index is 11.8. The molecule has 20 heavy (non-hydrogen) atoms. The summed E-state index contributed by atoms with van der Waals surface area (Å²) in [6, 6.07) is 15.9. The summed E-state index contributed by atoms with van der Waals surface area (Å²) in [5, 5.41) is 11.5. The molecule has 0 bridgehead atoms. The van der Waals surface area contributed by atoms with Gasteiger partial charge in [0.15, 0.2) is 0 Å². The van der Waals surface area contributed by atoms with Gasteiger partial charge < -0.3 is 5.21 Å². The molecule has 0 saturated heterocycles. The minimum absolute atomic E-state index is 0.602. The van der Waals surface area contributed by atoms with Gasteiger partial charge in [0.25, 0.3) is 0 Å². The van der Waals surface area contributed by atoms with Gasteiger partial charge in [0.1, 0.15) is 0 Å². The van der Waals surface area contributed by atoms with E-state index in [1.165, 1.54) is 12.1 Å². The molecule has 2 rings (SSSR count). The third-order valence-electron chi connectivity index (χ3n) is 2.44. The summed E-state index contributed by atoms with van der Waals surface area (Å²) < 4.78 is 35.4. The van der Waals surface area contributed by atoms with E-state index in [1.54, 1.807) is 13.0 Å². The summed E-state index contributed by atoms with van der Waals surface area (Å²) in [7, 11) is 0. The van der Waals surface area contributed by atoms with Crippen molar-refractivity contribution in [2.24, 2.45) is 5.16 Å². The zero-order valence-corrected chi connectivity index (χ0v) is 10.8. The van der Waals surface area contributed by atoms with E-state index in [9.17, 15) is 13.2 Å². The van der Waals surface area contributed by atoms with E-state index in [4.69, 9.17) is 5.21 Å². The van der Waals surface area contributed by atoms with Crippen LogP contribution in [0.15, 0.2) is 65.8 Å². The van der Waals surface area contributed by atoms with Crippen molar-refractivity contribution in [1.29, 1.82) is 0 Å². The molecule has 0 heterocycles. The Morgan fingerprint density at radius 1 is 0.900 bits per heavy atom. The summed E-state index contributed by atoms with van der Waals surface area (Å²) in [4.78, 5) is 0. The number of hydrogen-bond donors (Lipinski definition) is 1. The van der Waals surface area contributed by atoms with Crippen LogP contribution < -0.4 is 0 Å². The van der Waals surface area contributed by atoms with Crippen molar-refractivity contribution >= 4 is 5.71 Å². The Kier molecular flexibility index (Phi) is 5.77. The van der Waals surface area contributed by atoms with Crippen LogP contribution in [0.5, 0.6) is 0 Å². The number of hydrogen-bond acceptors (Lipinski definition) is 2. The number of oxime groups is 1. The van der Waals surface area contributed by atoms with Crippen LogP contribution >= 0.6 is 0 Å². The van der Waals surface area contributed by atoms with E-state index in [0.29, 0.717) is 5.71 Å². The van der Waals surface area contributed by atoms with Crippen molar-refractivity contribution in [2.45, 2.75) is 13.1 Å². The molecule has 0 radical (unpaired) electrons. The topological polar surface area (TPSA) is 32.6 Å². The molecule has 0 amide bonds. The zero-order chi connectivity index (χ0) is 15.0. The molecule has 2 aromatic rings. The van der Waals surface area contributed by atoms with E-state index < -0.39 is 11.7 Å². The predicted octanol–water partition coefficient (Wildman–Crippen LogP) is 4.59. The minimum atomic E-state index is -4.21. The van der Waals surface area contributed by atoms with E-state index in [0.717, 1.165) is 17.7 Å². The third-order valence-corrected chi connectivity index (χ3v) is 2.44. The van der Waals surface area contributed by atoms with E-state index in [2.05, 4.69) is 5.16 Å². The van der Waals surface area contributed by atoms with Crippen molar-refractivity contribution in [3.63, 3.8) is 0 Å². The summed E-state index contributed by atoms with van der Waals surface area (Å²) in [6.45, 7) is 1.76. The Bertz CT molecular complexity index is 536. The molecule has 5 heteroatoms. The summed E-state index contributed by atoms with van der Waals surface area (Å²) >= 11 is 0. The lowest BCUT2D eigenvalue weighted by atomic mass is 10.1. The van der Waals surface area contributed by atoms with Crippen LogP contribution in [-0.2, 0) is 6.18 Å². The molecular formula is C15H14F3NO. The molecule has 106 valence electrons. The molecule has 0 aliphatic carbocycles. The Hall–Kier alpha value is -2.30. The first-order valence-corrected chi connectivity index (χ1v) is 5.81. The van der Waals surface area contributed by atoms with Crippen molar-refractivity contribution in [3.05, 3.63) is 71.8 Å². The lowest BCUT2D eigenvalue weighted by Crippen LogP contribution is -2.03. The lowest BCUT2D eigenvalue weighted by Gasteiger charge is -2.03. The molecular weight excluding hydrogens is 267 g/mol. The van der Waals surface area contributed by atoms with Crippen LogP contribution in [0, 0.1) is 0 Å². The molecule has 0 atom stereocenters. The van der Waals surface area contributed by atoms with Crippen LogP contribution in [0.4, 0.5) is 13.2 Å². The van der Waals surface area contributed by atoms with Gasteiger partial charge in [0.2, 0.25) is 0 Å². The van der Waals surface area contributed by atoms with Crippen LogP contribution in [0.1, 0.15) is 18.1 Å². The first-order chi connectivity index (χ1) is 9.45. The molecule has 0 spiro atoms. The van der Waals surface area contributed by atoms with E-state index in [-0.39, 0.29) is 0 Å². The van der Waals surface area contributed by atoms with Crippen molar-refractivity contribution < 1.29 is 18.4 Å². The number of nitrogens with zero attached hydrogens (tertiary/aromatic N) is 1. The lowest BCUT2D eigenvalue weighted by molar-refractivity contribution is -0.137. The quantitative estimate of drug-likeness (QED) is 0.463. The molecule has 1 N–H and O–H groups in total. The van der Waals surface area contributed by atoms with E-state index in [1.807, 2.05) is 30.3 Å². The fourth-order valence-corrected chi connectivity index (χ4v) is 1.36. The average Bonchev–Trinajstić information content (AvgIpc) is 2.48. The Morgan fingerprint density at radius 3 is 1.70 bits per heavy atom. The van der Waals surface area contributed by atoms with Gasteiger partial charge in [-0.25, -0.2) is 0 Å². The van der Waals surface area contributed by atoms with Crippen LogP contribution in [0.3, 0.4) is 0 Å². The number of rotatable bonds is 1. The van der Waals surface area contributed by atoms with Gasteiger partial charge in [-0.05, 0) is 12.5 Å². The first-order valence-electron chi connectivity index (χ1n) is 5.81. The minimum Gasteiger partial charge on any atom is -0.411 e. The zero-order valence-electron chi connectivity index (χ0n) is 10.8. The van der Waals surface area contributed by atoms with E-state index >= 15 is 0 Å². The standard InChI is InChI=1S/C8H9NO.C7H5F3/c1-7(9-10)8-5-3-2-4-6-8;8-7(9,10)6-4-2-1-3-5-6/h2-6,10H,1H3;1-5H. The SMILES string of the molecule is CC(=NO)c1ccccc1.FC(F)(F)c1ccccc1. The molecule has 0 fully saturated rings. The van der Waals surface area contributed by atoms with Gasteiger partial charge in [0.05, 0.1) is 11.3 Å².